The molecule has 1 heterocycles. The molecule has 0 aliphatic carbocycles. The normalized spacial score (nSPS) is 14.9. The highest BCUT2D eigenvalue weighted by molar-refractivity contribution is 5.70. The molecule has 0 spiro atoms. The summed E-state index contributed by atoms with van der Waals surface area (Å²) in [6.45, 7) is 8.89. The molecule has 0 bridgehead atoms. The van der Waals surface area contributed by atoms with Crippen LogP contribution in [0, 0.1) is 10.1 Å². The van der Waals surface area contributed by atoms with Gasteiger partial charge in [0.2, 0.25) is 0 Å². The van der Waals surface area contributed by atoms with Crippen molar-refractivity contribution < 1.29 is 24.0 Å². The predicted molar refractivity (Wildman–Crippen MR) is 106 cm³/mol. The Kier molecular flexibility index (Phi) is 7.14. The molecular weight excluding hydrogens is 376 g/mol. The molecule has 0 aromatic heterocycles. The second-order valence-corrected chi connectivity index (χ2v) is 6.51. The molecule has 0 atom stereocenters. The zero-order valence-corrected chi connectivity index (χ0v) is 17.4. The van der Waals surface area contributed by atoms with E-state index in [4.69, 9.17) is 9.47 Å². The lowest BCUT2D eigenvalue weighted by Crippen LogP contribution is -2.34. The maximum absolute atomic E-state index is 11.9. The van der Waals surface area contributed by atoms with E-state index in [1.165, 1.54) is 19.9 Å². The Labute approximate surface area is 169 Å². The standard InChI is InChI=1S/C21H26N2O6/c1-6-16-20(28-13(4)24)19(15-11-9-10-12-18(15)23(26)27)21(29-14(5)25)17(7-2)22(16)8-3/h9-12,19H,6-8H2,1-5H3. The highest BCUT2D eigenvalue weighted by Gasteiger charge is 2.41. The minimum Gasteiger partial charge on any atom is -0.428 e. The highest BCUT2D eigenvalue weighted by Crippen LogP contribution is 2.46. The summed E-state index contributed by atoms with van der Waals surface area (Å²) in [5.74, 6) is -1.47. The number of carbonyl (C=O) groups is 2. The van der Waals surface area contributed by atoms with Gasteiger partial charge in [-0.15, -0.1) is 0 Å². The van der Waals surface area contributed by atoms with E-state index in [2.05, 4.69) is 0 Å². The van der Waals surface area contributed by atoms with Gasteiger partial charge < -0.3 is 14.4 Å². The quantitative estimate of drug-likeness (QED) is 0.379. The van der Waals surface area contributed by atoms with Crippen molar-refractivity contribution in [2.24, 2.45) is 0 Å². The lowest BCUT2D eigenvalue weighted by atomic mass is 9.87. The molecular formula is C21H26N2O6. The molecule has 29 heavy (non-hydrogen) atoms. The summed E-state index contributed by atoms with van der Waals surface area (Å²) >= 11 is 0. The number of nitro groups is 1. The number of rotatable bonds is 7. The molecule has 1 aliphatic heterocycles. The third-order valence-electron chi connectivity index (χ3n) is 4.68. The Balaban J connectivity index is 2.90. The van der Waals surface area contributed by atoms with Crippen molar-refractivity contribution in [2.75, 3.05) is 6.54 Å². The summed E-state index contributed by atoms with van der Waals surface area (Å²) < 4.78 is 11.2. The van der Waals surface area contributed by atoms with Crippen molar-refractivity contribution in [3.05, 3.63) is 62.9 Å². The summed E-state index contributed by atoms with van der Waals surface area (Å²) in [6.07, 6.45) is 1.06. The zero-order valence-electron chi connectivity index (χ0n) is 17.4. The van der Waals surface area contributed by atoms with Crippen LogP contribution in [0.25, 0.3) is 0 Å². The van der Waals surface area contributed by atoms with E-state index >= 15 is 0 Å². The molecule has 0 amide bonds. The number of carbonyl (C=O) groups excluding carboxylic acids is 2. The average molecular weight is 402 g/mol. The van der Waals surface area contributed by atoms with E-state index in [-0.39, 0.29) is 17.2 Å². The lowest BCUT2D eigenvalue weighted by molar-refractivity contribution is -0.385. The van der Waals surface area contributed by atoms with Crippen LogP contribution in [0.15, 0.2) is 47.2 Å². The minimum absolute atomic E-state index is 0.136. The monoisotopic (exact) mass is 402 g/mol. The third-order valence-corrected chi connectivity index (χ3v) is 4.68. The largest absolute Gasteiger partial charge is 0.428 e. The van der Waals surface area contributed by atoms with Crippen molar-refractivity contribution in [2.45, 2.75) is 53.4 Å². The van der Waals surface area contributed by atoms with Crippen LogP contribution in [0.3, 0.4) is 0 Å². The van der Waals surface area contributed by atoms with Gasteiger partial charge in [0, 0.05) is 32.0 Å². The molecule has 0 saturated heterocycles. The van der Waals surface area contributed by atoms with E-state index in [9.17, 15) is 19.7 Å². The Morgan fingerprint density at radius 1 is 1.00 bits per heavy atom. The van der Waals surface area contributed by atoms with Crippen molar-refractivity contribution in [3.8, 4) is 0 Å². The first-order valence-electron chi connectivity index (χ1n) is 9.60. The molecule has 0 radical (unpaired) electrons. The first kappa shape index (κ1) is 22.1. The van der Waals surface area contributed by atoms with Crippen LogP contribution in [0.5, 0.6) is 0 Å². The predicted octanol–water partition coefficient (Wildman–Crippen LogP) is 4.38. The molecule has 1 aliphatic rings. The summed E-state index contributed by atoms with van der Waals surface area (Å²) in [7, 11) is 0. The topological polar surface area (TPSA) is 99.0 Å². The average Bonchev–Trinajstić information content (AvgIpc) is 2.66. The molecule has 2 rings (SSSR count). The number of benzene rings is 1. The minimum atomic E-state index is -0.878. The van der Waals surface area contributed by atoms with E-state index in [1.807, 2.05) is 25.7 Å². The van der Waals surface area contributed by atoms with Crippen LogP contribution >= 0.6 is 0 Å². The number of hydrogen-bond acceptors (Lipinski definition) is 7. The fraction of sp³-hybridized carbons (Fsp3) is 0.429. The number of nitro benzene ring substituents is 1. The fourth-order valence-electron chi connectivity index (χ4n) is 3.72. The smallest absolute Gasteiger partial charge is 0.307 e. The van der Waals surface area contributed by atoms with Gasteiger partial charge in [-0.05, 0) is 19.8 Å². The van der Waals surface area contributed by atoms with Crippen molar-refractivity contribution >= 4 is 17.6 Å². The summed E-state index contributed by atoms with van der Waals surface area (Å²) in [6, 6.07) is 6.21. The van der Waals surface area contributed by atoms with Gasteiger partial charge in [-0.3, -0.25) is 19.7 Å². The van der Waals surface area contributed by atoms with Crippen molar-refractivity contribution in [1.29, 1.82) is 0 Å². The zero-order chi connectivity index (χ0) is 21.7. The van der Waals surface area contributed by atoms with E-state index in [0.29, 0.717) is 24.9 Å². The second-order valence-electron chi connectivity index (χ2n) is 6.51. The highest BCUT2D eigenvalue weighted by atomic mass is 16.6. The fourth-order valence-corrected chi connectivity index (χ4v) is 3.72. The molecule has 156 valence electrons. The van der Waals surface area contributed by atoms with Crippen molar-refractivity contribution in [1.82, 2.24) is 4.90 Å². The van der Waals surface area contributed by atoms with Gasteiger partial charge in [-0.1, -0.05) is 32.0 Å². The summed E-state index contributed by atoms with van der Waals surface area (Å²) in [5, 5.41) is 11.7. The van der Waals surface area contributed by atoms with Gasteiger partial charge >= 0.3 is 11.9 Å². The number of ether oxygens (including phenoxy) is 2. The van der Waals surface area contributed by atoms with Crippen LogP contribution in [-0.4, -0.2) is 28.3 Å². The first-order chi connectivity index (χ1) is 13.8. The van der Waals surface area contributed by atoms with Gasteiger partial charge in [0.1, 0.15) is 17.4 Å². The van der Waals surface area contributed by atoms with E-state index < -0.39 is 22.8 Å². The number of para-hydroxylation sites is 1. The van der Waals surface area contributed by atoms with Crippen LogP contribution in [-0.2, 0) is 19.1 Å². The van der Waals surface area contributed by atoms with Crippen LogP contribution < -0.4 is 0 Å². The molecule has 1 aromatic rings. The maximum Gasteiger partial charge on any atom is 0.307 e. The molecule has 0 unspecified atom stereocenters. The number of allylic oxidation sites excluding steroid dienone is 2. The van der Waals surface area contributed by atoms with Gasteiger partial charge in [-0.25, -0.2) is 0 Å². The van der Waals surface area contributed by atoms with Crippen LogP contribution in [0.2, 0.25) is 0 Å². The van der Waals surface area contributed by atoms with Crippen LogP contribution in [0.1, 0.15) is 58.9 Å². The summed E-state index contributed by atoms with van der Waals surface area (Å²) in [5.41, 5.74) is 1.64. The second kappa shape index (κ2) is 9.36. The van der Waals surface area contributed by atoms with Gasteiger partial charge in [0.25, 0.3) is 5.69 Å². The molecule has 8 nitrogen and oxygen atoms in total. The molecule has 0 fully saturated rings. The van der Waals surface area contributed by atoms with Gasteiger partial charge in [0.05, 0.1) is 16.3 Å². The Bertz CT molecular complexity index is 845. The third kappa shape index (κ3) is 4.47. The SMILES string of the molecule is CCC1=C(OC(C)=O)C(c2ccccc2[N+](=O)[O-])C(OC(C)=O)=C(CC)N1CC. The lowest BCUT2D eigenvalue weighted by Gasteiger charge is -2.38. The first-order valence-corrected chi connectivity index (χ1v) is 9.60. The van der Waals surface area contributed by atoms with E-state index in [0.717, 1.165) is 11.4 Å². The van der Waals surface area contributed by atoms with E-state index in [1.54, 1.807) is 18.2 Å². The Hall–Kier alpha value is -3.16. The maximum atomic E-state index is 11.9. The number of hydrogen-bond donors (Lipinski definition) is 0. The Morgan fingerprint density at radius 2 is 1.48 bits per heavy atom. The van der Waals surface area contributed by atoms with Crippen LogP contribution in [0.4, 0.5) is 5.69 Å². The van der Waals surface area contributed by atoms with Gasteiger partial charge in [0.15, 0.2) is 0 Å². The molecule has 0 saturated carbocycles. The number of esters is 2. The molecule has 0 N–H and O–H groups in total. The molecule has 1 aromatic carbocycles. The Morgan fingerprint density at radius 3 is 1.86 bits per heavy atom. The van der Waals surface area contributed by atoms with Crippen molar-refractivity contribution in [3.63, 3.8) is 0 Å². The number of nitrogens with zero attached hydrogens (tertiary/aromatic N) is 2. The molecule has 8 heteroatoms. The van der Waals surface area contributed by atoms with Gasteiger partial charge in [-0.2, -0.15) is 0 Å². The summed E-state index contributed by atoms with van der Waals surface area (Å²) in [4.78, 5) is 37.0.